The van der Waals surface area contributed by atoms with Gasteiger partial charge in [0.05, 0.1) is 0 Å². The molecule has 0 saturated carbocycles. The first kappa shape index (κ1) is 11.4. The van der Waals surface area contributed by atoms with Crippen molar-refractivity contribution in [1.29, 1.82) is 5.26 Å². The fraction of sp³-hybridized carbons (Fsp3) is 0. The van der Waals surface area contributed by atoms with Crippen LogP contribution in [0.1, 0.15) is 10.4 Å². The van der Waals surface area contributed by atoms with Crippen molar-refractivity contribution in [2.24, 2.45) is 5.16 Å². The van der Waals surface area contributed by atoms with E-state index in [2.05, 4.69) is 5.16 Å². The quantitative estimate of drug-likeness (QED) is 0.422. The Morgan fingerprint density at radius 2 is 1.94 bits per heavy atom. The zero-order chi connectivity index (χ0) is 12.0. The van der Waals surface area contributed by atoms with Gasteiger partial charge in [-0.1, -0.05) is 23.4 Å². The summed E-state index contributed by atoms with van der Waals surface area (Å²) in [6, 6.07) is 9.33. The van der Waals surface area contributed by atoms with Crippen LogP contribution in [0.3, 0.4) is 0 Å². The number of nitriles is 1. The summed E-state index contributed by atoms with van der Waals surface area (Å²) in [6.07, 6.45) is 0. The lowest BCUT2D eigenvalue weighted by Crippen LogP contribution is -2.35. The molecule has 80 valence electrons. The molecule has 1 aromatic rings. The van der Waals surface area contributed by atoms with Gasteiger partial charge in [-0.15, -0.1) is 0 Å². The molecule has 0 aromatic heterocycles. The molecule has 2 N–H and O–H groups in total. The zero-order valence-corrected chi connectivity index (χ0v) is 8.04. The molecule has 6 nitrogen and oxygen atoms in total. The normalized spacial score (nSPS) is 10.3. The van der Waals surface area contributed by atoms with Gasteiger partial charge < -0.3 is 5.21 Å². The summed E-state index contributed by atoms with van der Waals surface area (Å²) < 4.78 is 0. The Balaban J connectivity index is 2.74. The van der Waals surface area contributed by atoms with Crippen LogP contribution < -0.4 is 5.32 Å². The molecule has 0 bridgehead atoms. The second-order valence-electron chi connectivity index (χ2n) is 2.71. The van der Waals surface area contributed by atoms with E-state index in [0.29, 0.717) is 0 Å². The largest absolute Gasteiger partial charge is 0.410 e. The van der Waals surface area contributed by atoms with Crippen molar-refractivity contribution in [3.8, 4) is 6.07 Å². The fourth-order valence-electron chi connectivity index (χ4n) is 0.943. The monoisotopic (exact) mass is 217 g/mol. The summed E-state index contributed by atoms with van der Waals surface area (Å²) in [6.45, 7) is 0. The topological polar surface area (TPSA) is 103 Å². The Kier molecular flexibility index (Phi) is 3.75. The van der Waals surface area contributed by atoms with E-state index >= 15 is 0 Å². The SMILES string of the molecule is N#C/C(=N/O)C(=O)NC(=O)c1ccccc1. The van der Waals surface area contributed by atoms with Gasteiger partial charge >= 0.3 is 0 Å². The maximum absolute atomic E-state index is 11.4. The molecular weight excluding hydrogens is 210 g/mol. The van der Waals surface area contributed by atoms with Crippen LogP contribution >= 0.6 is 0 Å². The summed E-state index contributed by atoms with van der Waals surface area (Å²) in [7, 11) is 0. The second-order valence-corrected chi connectivity index (χ2v) is 2.71. The van der Waals surface area contributed by atoms with Gasteiger partial charge in [0.1, 0.15) is 6.07 Å². The summed E-state index contributed by atoms with van der Waals surface area (Å²) >= 11 is 0. The highest BCUT2D eigenvalue weighted by Crippen LogP contribution is 1.97. The maximum Gasteiger partial charge on any atom is 0.291 e. The van der Waals surface area contributed by atoms with Crippen LogP contribution in [0.4, 0.5) is 0 Å². The lowest BCUT2D eigenvalue weighted by atomic mass is 10.2. The highest BCUT2D eigenvalue weighted by atomic mass is 16.4. The third-order valence-corrected chi connectivity index (χ3v) is 1.68. The van der Waals surface area contributed by atoms with Crippen LogP contribution in [0.5, 0.6) is 0 Å². The molecule has 0 aliphatic carbocycles. The Morgan fingerprint density at radius 1 is 1.31 bits per heavy atom. The highest BCUT2D eigenvalue weighted by Gasteiger charge is 2.15. The molecule has 16 heavy (non-hydrogen) atoms. The number of hydrogen-bond acceptors (Lipinski definition) is 5. The van der Waals surface area contributed by atoms with Crippen LogP contribution in [0.25, 0.3) is 0 Å². The van der Waals surface area contributed by atoms with E-state index in [1.54, 1.807) is 18.2 Å². The van der Waals surface area contributed by atoms with Gasteiger partial charge in [-0.05, 0) is 12.1 Å². The number of nitrogens with one attached hydrogen (secondary N) is 1. The zero-order valence-electron chi connectivity index (χ0n) is 8.04. The van der Waals surface area contributed by atoms with Gasteiger partial charge in [-0.2, -0.15) is 5.26 Å². The number of imide groups is 1. The van der Waals surface area contributed by atoms with Gasteiger partial charge in [0.25, 0.3) is 11.8 Å². The predicted octanol–water partition coefficient (Wildman–Crippen LogP) is 0.297. The van der Waals surface area contributed by atoms with Crippen molar-refractivity contribution in [2.45, 2.75) is 0 Å². The van der Waals surface area contributed by atoms with E-state index in [1.807, 2.05) is 5.32 Å². The number of amides is 2. The number of oxime groups is 1. The van der Waals surface area contributed by atoms with Gasteiger partial charge in [0.2, 0.25) is 5.71 Å². The number of benzene rings is 1. The van der Waals surface area contributed by atoms with Crippen LogP contribution in [-0.4, -0.2) is 22.7 Å². The summed E-state index contributed by atoms with van der Waals surface area (Å²) in [5.74, 6) is -1.71. The van der Waals surface area contributed by atoms with Gasteiger partial charge in [-0.3, -0.25) is 14.9 Å². The van der Waals surface area contributed by atoms with E-state index in [0.717, 1.165) is 0 Å². The number of rotatable bonds is 2. The molecule has 2 amide bonds. The number of hydrogen-bond donors (Lipinski definition) is 2. The molecule has 6 heteroatoms. The Hall–Kier alpha value is -2.68. The Morgan fingerprint density at radius 3 is 2.44 bits per heavy atom. The van der Waals surface area contributed by atoms with Gasteiger partial charge in [0.15, 0.2) is 0 Å². The van der Waals surface area contributed by atoms with Gasteiger partial charge in [-0.25, -0.2) is 0 Å². The van der Waals surface area contributed by atoms with Crippen molar-refractivity contribution in [1.82, 2.24) is 5.32 Å². The van der Waals surface area contributed by atoms with Crippen molar-refractivity contribution in [2.75, 3.05) is 0 Å². The molecule has 0 aliphatic heterocycles. The number of carbonyl (C=O) groups is 2. The Bertz CT molecular complexity index is 474. The average molecular weight is 217 g/mol. The molecule has 0 saturated heterocycles. The Labute approximate surface area is 90.8 Å². The van der Waals surface area contributed by atoms with E-state index < -0.39 is 17.5 Å². The smallest absolute Gasteiger partial charge is 0.291 e. The van der Waals surface area contributed by atoms with Crippen molar-refractivity contribution in [3.05, 3.63) is 35.9 Å². The first-order valence-electron chi connectivity index (χ1n) is 4.22. The molecular formula is C10H7N3O3. The maximum atomic E-state index is 11.4. The second kappa shape index (κ2) is 5.26. The summed E-state index contributed by atoms with van der Waals surface area (Å²) in [4.78, 5) is 22.6. The average Bonchev–Trinajstić information content (AvgIpc) is 2.31. The molecule has 0 atom stereocenters. The van der Waals surface area contributed by atoms with Crippen LogP contribution in [0, 0.1) is 11.3 Å². The predicted molar refractivity (Wildman–Crippen MR) is 53.7 cm³/mol. The molecule has 1 rings (SSSR count). The molecule has 1 aromatic carbocycles. The van der Waals surface area contributed by atoms with Crippen LogP contribution in [-0.2, 0) is 4.79 Å². The minimum atomic E-state index is -1.04. The number of nitrogens with zero attached hydrogens (tertiary/aromatic N) is 2. The first-order valence-corrected chi connectivity index (χ1v) is 4.22. The lowest BCUT2D eigenvalue weighted by Gasteiger charge is -2.00. The summed E-state index contributed by atoms with van der Waals surface area (Å²) in [5, 5.41) is 21.0. The minimum absolute atomic E-state index is 0.270. The third-order valence-electron chi connectivity index (χ3n) is 1.68. The molecule has 0 heterocycles. The minimum Gasteiger partial charge on any atom is -0.410 e. The van der Waals surface area contributed by atoms with Crippen LogP contribution in [0.2, 0.25) is 0 Å². The van der Waals surface area contributed by atoms with Crippen LogP contribution in [0.15, 0.2) is 35.5 Å². The summed E-state index contributed by atoms with van der Waals surface area (Å²) in [5.41, 5.74) is -0.504. The van der Waals surface area contributed by atoms with Gasteiger partial charge in [0, 0.05) is 5.56 Å². The number of carbonyl (C=O) groups excluding carboxylic acids is 2. The highest BCUT2D eigenvalue weighted by molar-refractivity contribution is 6.47. The first-order chi connectivity index (χ1) is 7.69. The van der Waals surface area contributed by atoms with Crippen molar-refractivity contribution >= 4 is 17.5 Å². The molecule has 0 fully saturated rings. The standard InChI is InChI=1S/C10H7N3O3/c11-6-8(13-16)10(15)12-9(14)7-4-2-1-3-5-7/h1-5,16H,(H,12,14,15)/b13-8-. The third kappa shape index (κ3) is 2.65. The molecule has 0 radical (unpaired) electrons. The molecule has 0 unspecified atom stereocenters. The van der Waals surface area contributed by atoms with E-state index in [4.69, 9.17) is 10.5 Å². The van der Waals surface area contributed by atoms with E-state index in [9.17, 15) is 9.59 Å². The fourth-order valence-corrected chi connectivity index (χ4v) is 0.943. The van der Waals surface area contributed by atoms with E-state index in [1.165, 1.54) is 18.2 Å². The van der Waals surface area contributed by atoms with Crippen molar-refractivity contribution < 1.29 is 14.8 Å². The molecule has 0 aliphatic rings. The van der Waals surface area contributed by atoms with E-state index in [-0.39, 0.29) is 5.56 Å². The van der Waals surface area contributed by atoms with Crippen molar-refractivity contribution in [3.63, 3.8) is 0 Å². The molecule has 0 spiro atoms. The lowest BCUT2D eigenvalue weighted by molar-refractivity contribution is -0.113.